The van der Waals surface area contributed by atoms with E-state index in [1.807, 2.05) is 13.0 Å². The second-order valence-corrected chi connectivity index (χ2v) is 4.78. The molecule has 0 amide bonds. The van der Waals surface area contributed by atoms with Gasteiger partial charge in [-0.15, -0.1) is 0 Å². The monoisotopic (exact) mass is 287 g/mol. The Morgan fingerprint density at radius 1 is 1.30 bits per heavy atom. The third kappa shape index (κ3) is 5.84. The molecule has 0 fully saturated rings. The molecule has 0 aliphatic rings. The van der Waals surface area contributed by atoms with E-state index in [1.54, 1.807) is 19.2 Å². The largest absolute Gasteiger partial charge is 0.435 e. The smallest absolute Gasteiger partial charge is 0.387 e. The number of ether oxygens (including phenoxy) is 2. The van der Waals surface area contributed by atoms with E-state index in [-0.39, 0.29) is 17.8 Å². The molecular formula is C15H23F2NO2. The predicted molar refractivity (Wildman–Crippen MR) is 75.2 cm³/mol. The number of methoxy groups -OCH3 is 1. The van der Waals surface area contributed by atoms with Gasteiger partial charge in [-0.1, -0.05) is 25.5 Å². The lowest BCUT2D eigenvalue weighted by Gasteiger charge is -2.23. The molecule has 1 aromatic rings. The van der Waals surface area contributed by atoms with Crippen LogP contribution in [-0.4, -0.2) is 26.4 Å². The zero-order valence-corrected chi connectivity index (χ0v) is 12.2. The normalized spacial score (nSPS) is 14.3. The molecule has 3 nitrogen and oxygen atoms in total. The van der Waals surface area contributed by atoms with Gasteiger partial charge in [0.05, 0.1) is 6.61 Å². The van der Waals surface area contributed by atoms with Crippen LogP contribution in [-0.2, 0) is 4.74 Å². The molecule has 0 aromatic heterocycles. The Balaban J connectivity index is 2.67. The van der Waals surface area contributed by atoms with Gasteiger partial charge in [-0.25, -0.2) is 0 Å². The molecule has 0 saturated heterocycles. The van der Waals surface area contributed by atoms with E-state index in [2.05, 4.69) is 17.0 Å². The Hall–Kier alpha value is -1.20. The lowest BCUT2D eigenvalue weighted by Crippen LogP contribution is -2.35. The van der Waals surface area contributed by atoms with Crippen molar-refractivity contribution in [2.75, 3.05) is 13.7 Å². The van der Waals surface area contributed by atoms with Crippen LogP contribution in [0.5, 0.6) is 5.75 Å². The summed E-state index contributed by atoms with van der Waals surface area (Å²) in [6.07, 6.45) is 2.06. The Morgan fingerprint density at radius 2 is 2.05 bits per heavy atom. The summed E-state index contributed by atoms with van der Waals surface area (Å²) in [5, 5.41) is 3.45. The second kappa shape index (κ2) is 8.87. The standard InChI is InChI=1S/C15H23F2NO2/c1-4-6-13(10-19-3)18-11(2)12-7-5-8-14(9-12)20-15(16)17/h5,7-9,11,13,15,18H,4,6,10H2,1-3H3. The fourth-order valence-electron chi connectivity index (χ4n) is 2.17. The van der Waals surface area contributed by atoms with E-state index < -0.39 is 6.61 Å². The third-order valence-corrected chi connectivity index (χ3v) is 3.07. The van der Waals surface area contributed by atoms with E-state index in [1.165, 1.54) is 6.07 Å². The van der Waals surface area contributed by atoms with Crippen LogP contribution >= 0.6 is 0 Å². The molecule has 0 spiro atoms. The molecule has 0 bridgehead atoms. The maximum absolute atomic E-state index is 12.2. The van der Waals surface area contributed by atoms with Gasteiger partial charge in [-0.2, -0.15) is 8.78 Å². The van der Waals surface area contributed by atoms with Gasteiger partial charge < -0.3 is 14.8 Å². The van der Waals surface area contributed by atoms with Gasteiger partial charge in [0, 0.05) is 19.2 Å². The highest BCUT2D eigenvalue weighted by Gasteiger charge is 2.14. The zero-order valence-electron chi connectivity index (χ0n) is 12.2. The van der Waals surface area contributed by atoms with Crippen molar-refractivity contribution in [2.24, 2.45) is 0 Å². The van der Waals surface area contributed by atoms with Gasteiger partial charge in [-0.05, 0) is 31.0 Å². The molecule has 5 heteroatoms. The van der Waals surface area contributed by atoms with Gasteiger partial charge in [0.15, 0.2) is 0 Å². The number of hydrogen-bond donors (Lipinski definition) is 1. The topological polar surface area (TPSA) is 30.5 Å². The van der Waals surface area contributed by atoms with Crippen molar-refractivity contribution in [3.8, 4) is 5.75 Å². The fraction of sp³-hybridized carbons (Fsp3) is 0.600. The first kappa shape index (κ1) is 16.9. The van der Waals surface area contributed by atoms with Crippen molar-refractivity contribution < 1.29 is 18.3 Å². The van der Waals surface area contributed by atoms with Crippen LogP contribution < -0.4 is 10.1 Å². The summed E-state index contributed by atoms with van der Waals surface area (Å²) in [7, 11) is 1.67. The van der Waals surface area contributed by atoms with E-state index in [4.69, 9.17) is 4.74 Å². The van der Waals surface area contributed by atoms with Crippen molar-refractivity contribution >= 4 is 0 Å². The predicted octanol–water partition coefficient (Wildman–Crippen LogP) is 3.75. The van der Waals surface area contributed by atoms with Crippen LogP contribution in [0, 0.1) is 0 Å². The Kier molecular flexibility index (Phi) is 7.47. The first-order valence-electron chi connectivity index (χ1n) is 6.86. The summed E-state index contributed by atoms with van der Waals surface area (Å²) in [5.74, 6) is 0.185. The molecule has 114 valence electrons. The molecule has 2 atom stereocenters. The average Bonchev–Trinajstić information content (AvgIpc) is 2.38. The molecule has 1 N–H and O–H groups in total. The first-order valence-corrected chi connectivity index (χ1v) is 6.86. The summed E-state index contributed by atoms with van der Waals surface area (Å²) in [6, 6.07) is 7.07. The number of benzene rings is 1. The molecule has 1 rings (SSSR count). The highest BCUT2D eigenvalue weighted by atomic mass is 19.3. The van der Waals surface area contributed by atoms with Crippen molar-refractivity contribution in [3.05, 3.63) is 29.8 Å². The molecule has 0 heterocycles. The molecule has 1 aromatic carbocycles. The van der Waals surface area contributed by atoms with Crippen LogP contribution in [0.1, 0.15) is 38.3 Å². The summed E-state index contributed by atoms with van der Waals surface area (Å²) in [6.45, 7) is 1.95. The molecule has 2 unspecified atom stereocenters. The highest BCUT2D eigenvalue weighted by Crippen LogP contribution is 2.21. The zero-order chi connectivity index (χ0) is 15.0. The summed E-state index contributed by atoms with van der Waals surface area (Å²) >= 11 is 0. The lowest BCUT2D eigenvalue weighted by atomic mass is 10.1. The second-order valence-electron chi connectivity index (χ2n) is 4.78. The summed E-state index contributed by atoms with van der Waals surface area (Å²) in [5.41, 5.74) is 0.917. The van der Waals surface area contributed by atoms with Crippen LogP contribution in [0.3, 0.4) is 0 Å². The highest BCUT2D eigenvalue weighted by molar-refractivity contribution is 5.30. The molecule has 20 heavy (non-hydrogen) atoms. The van der Waals surface area contributed by atoms with Crippen LogP contribution in [0.25, 0.3) is 0 Å². The number of halogens is 2. The number of nitrogens with one attached hydrogen (secondary N) is 1. The average molecular weight is 287 g/mol. The molecular weight excluding hydrogens is 264 g/mol. The molecule has 0 radical (unpaired) electrons. The minimum absolute atomic E-state index is 0.0444. The fourth-order valence-corrected chi connectivity index (χ4v) is 2.17. The molecule has 0 saturated carbocycles. The molecule has 0 aliphatic carbocycles. The Labute approximate surface area is 119 Å². The van der Waals surface area contributed by atoms with Crippen molar-refractivity contribution in [1.29, 1.82) is 0 Å². The number of rotatable bonds is 9. The van der Waals surface area contributed by atoms with E-state index in [0.717, 1.165) is 18.4 Å². The number of alkyl halides is 2. The number of hydrogen-bond acceptors (Lipinski definition) is 3. The third-order valence-electron chi connectivity index (χ3n) is 3.07. The SMILES string of the molecule is CCCC(COC)NC(C)c1cccc(OC(F)F)c1. The van der Waals surface area contributed by atoms with Gasteiger partial charge in [0.2, 0.25) is 0 Å². The van der Waals surface area contributed by atoms with Gasteiger partial charge in [0.25, 0.3) is 0 Å². The Bertz CT molecular complexity index is 382. The Morgan fingerprint density at radius 3 is 2.65 bits per heavy atom. The minimum Gasteiger partial charge on any atom is -0.435 e. The van der Waals surface area contributed by atoms with Crippen molar-refractivity contribution in [1.82, 2.24) is 5.32 Å². The summed E-state index contributed by atoms with van der Waals surface area (Å²) < 4.78 is 34.0. The van der Waals surface area contributed by atoms with Gasteiger partial charge in [0.1, 0.15) is 5.75 Å². The lowest BCUT2D eigenvalue weighted by molar-refractivity contribution is -0.0499. The maximum atomic E-state index is 12.2. The van der Waals surface area contributed by atoms with Crippen LogP contribution in [0.2, 0.25) is 0 Å². The van der Waals surface area contributed by atoms with Crippen LogP contribution in [0.4, 0.5) is 8.78 Å². The minimum atomic E-state index is -2.80. The van der Waals surface area contributed by atoms with Crippen molar-refractivity contribution in [2.45, 2.75) is 45.4 Å². The van der Waals surface area contributed by atoms with E-state index in [9.17, 15) is 8.78 Å². The van der Waals surface area contributed by atoms with Gasteiger partial charge in [-0.3, -0.25) is 0 Å². The van der Waals surface area contributed by atoms with E-state index >= 15 is 0 Å². The summed E-state index contributed by atoms with van der Waals surface area (Å²) in [4.78, 5) is 0. The van der Waals surface area contributed by atoms with Gasteiger partial charge >= 0.3 is 6.61 Å². The van der Waals surface area contributed by atoms with Crippen molar-refractivity contribution in [3.63, 3.8) is 0 Å². The maximum Gasteiger partial charge on any atom is 0.387 e. The van der Waals surface area contributed by atoms with E-state index in [0.29, 0.717) is 6.61 Å². The first-order chi connectivity index (χ1) is 9.56. The quantitative estimate of drug-likeness (QED) is 0.750. The molecule has 0 aliphatic heterocycles. The van der Waals surface area contributed by atoms with Crippen LogP contribution in [0.15, 0.2) is 24.3 Å².